The lowest BCUT2D eigenvalue weighted by Gasteiger charge is -2.10. The third kappa shape index (κ3) is 4.30. The molecule has 5 N–H and O–H groups in total. The third-order valence-corrected chi connectivity index (χ3v) is 3.71. The van der Waals surface area contributed by atoms with E-state index in [1.54, 1.807) is 35.2 Å². The summed E-state index contributed by atoms with van der Waals surface area (Å²) in [4.78, 5) is 8.62. The highest BCUT2D eigenvalue weighted by molar-refractivity contribution is 6.07. The molecule has 0 saturated carbocycles. The first-order chi connectivity index (χ1) is 13.2. The standard InChI is InChI=1S/C17H19N9O/c18-9-12(10-20-6-8-27)14-2-3-15(24-19)17(23-14)22-11-13-1-4-16-21-5-7-26(16)25-13/h1-5,7,9-10,18-20,27H,6,8,11H2,(H,22,23)/b12-10+,18-9?,24-19?. The lowest BCUT2D eigenvalue weighted by molar-refractivity contribution is 0.298. The number of nitrogens with one attached hydrogen (secondary N) is 4. The number of imidazole rings is 1. The Kier molecular flexibility index (Phi) is 5.80. The molecule has 10 heteroatoms. The molecule has 0 spiro atoms. The van der Waals surface area contributed by atoms with E-state index in [1.807, 2.05) is 12.1 Å². The van der Waals surface area contributed by atoms with E-state index in [1.165, 1.54) is 6.21 Å². The molecule has 0 fully saturated rings. The second kappa shape index (κ2) is 8.63. The molecule has 10 nitrogen and oxygen atoms in total. The summed E-state index contributed by atoms with van der Waals surface area (Å²) in [7, 11) is 0. The summed E-state index contributed by atoms with van der Waals surface area (Å²) in [5.74, 6) is 0.421. The first-order valence-corrected chi connectivity index (χ1v) is 8.22. The van der Waals surface area contributed by atoms with Crippen LogP contribution in [0.1, 0.15) is 11.4 Å². The van der Waals surface area contributed by atoms with Crippen molar-refractivity contribution in [2.45, 2.75) is 6.54 Å². The number of allylic oxidation sites excluding steroid dienone is 1. The monoisotopic (exact) mass is 365 g/mol. The molecule has 0 amide bonds. The molecule has 0 aromatic carbocycles. The summed E-state index contributed by atoms with van der Waals surface area (Å²) in [5, 5.41) is 30.4. The van der Waals surface area contributed by atoms with Crippen molar-refractivity contribution in [3.63, 3.8) is 0 Å². The van der Waals surface area contributed by atoms with Gasteiger partial charge in [0.15, 0.2) is 11.5 Å². The summed E-state index contributed by atoms with van der Waals surface area (Å²) in [5.41, 5.74) is 10.3. The number of hydrogen-bond donors (Lipinski definition) is 5. The summed E-state index contributed by atoms with van der Waals surface area (Å²) >= 11 is 0. The largest absolute Gasteiger partial charge is 0.395 e. The van der Waals surface area contributed by atoms with E-state index in [4.69, 9.17) is 16.0 Å². The first-order valence-electron chi connectivity index (χ1n) is 8.22. The molecule has 0 aliphatic rings. The van der Waals surface area contributed by atoms with Gasteiger partial charge in [0, 0.05) is 36.9 Å². The SMILES string of the molecule is N=C/C(=C\NCCO)c1ccc(N=N)c(NCc2ccc3nccn3n2)n1. The number of aromatic nitrogens is 4. The zero-order valence-electron chi connectivity index (χ0n) is 14.4. The number of anilines is 1. The van der Waals surface area contributed by atoms with Crippen LogP contribution in [0.5, 0.6) is 0 Å². The van der Waals surface area contributed by atoms with Gasteiger partial charge >= 0.3 is 0 Å². The molecule has 0 radical (unpaired) electrons. The number of fused-ring (bicyclic) bond motifs is 1. The van der Waals surface area contributed by atoms with Crippen LogP contribution in [0.4, 0.5) is 11.5 Å². The van der Waals surface area contributed by atoms with E-state index in [0.29, 0.717) is 35.9 Å². The van der Waals surface area contributed by atoms with Crippen molar-refractivity contribution in [3.05, 3.63) is 54.2 Å². The van der Waals surface area contributed by atoms with Crippen LogP contribution >= 0.6 is 0 Å². The number of nitrogens with zero attached hydrogens (tertiary/aromatic N) is 5. The maximum absolute atomic E-state index is 8.85. The summed E-state index contributed by atoms with van der Waals surface area (Å²) < 4.78 is 1.68. The minimum atomic E-state index is -0.00701. The Hall–Kier alpha value is -3.66. The minimum absolute atomic E-state index is 0.00701. The fourth-order valence-electron chi connectivity index (χ4n) is 2.39. The van der Waals surface area contributed by atoms with Gasteiger partial charge < -0.3 is 21.1 Å². The van der Waals surface area contributed by atoms with Crippen LogP contribution in [0.15, 0.2) is 48.0 Å². The Morgan fingerprint density at radius 3 is 2.96 bits per heavy atom. The molecule has 3 rings (SSSR count). The van der Waals surface area contributed by atoms with Crippen LogP contribution in [-0.2, 0) is 6.54 Å². The zero-order chi connectivity index (χ0) is 19.1. The van der Waals surface area contributed by atoms with Gasteiger partial charge in [-0.15, -0.1) is 0 Å². The summed E-state index contributed by atoms with van der Waals surface area (Å²) in [6, 6.07) is 7.07. The van der Waals surface area contributed by atoms with Gasteiger partial charge in [-0.05, 0) is 24.3 Å². The molecule has 0 bridgehead atoms. The smallest absolute Gasteiger partial charge is 0.154 e. The number of aliphatic hydroxyl groups excluding tert-OH is 1. The fraction of sp³-hybridized carbons (Fsp3) is 0.176. The Bertz CT molecular complexity index is 979. The van der Waals surface area contributed by atoms with E-state index >= 15 is 0 Å². The van der Waals surface area contributed by atoms with Crippen LogP contribution in [-0.4, -0.2) is 44.1 Å². The van der Waals surface area contributed by atoms with E-state index in [9.17, 15) is 0 Å². The maximum atomic E-state index is 8.85. The number of aliphatic hydroxyl groups is 1. The molecule has 0 atom stereocenters. The molecule has 0 saturated heterocycles. The number of pyridine rings is 1. The lowest BCUT2D eigenvalue weighted by atomic mass is 10.2. The van der Waals surface area contributed by atoms with Gasteiger partial charge in [-0.1, -0.05) is 0 Å². The van der Waals surface area contributed by atoms with Gasteiger partial charge in [-0.2, -0.15) is 10.2 Å². The third-order valence-electron chi connectivity index (χ3n) is 3.71. The Morgan fingerprint density at radius 1 is 1.30 bits per heavy atom. The second-order valence-electron chi connectivity index (χ2n) is 5.51. The maximum Gasteiger partial charge on any atom is 0.154 e. The predicted octanol–water partition coefficient (Wildman–Crippen LogP) is 1.97. The van der Waals surface area contributed by atoms with Gasteiger partial charge in [0.1, 0.15) is 5.69 Å². The summed E-state index contributed by atoms with van der Waals surface area (Å²) in [6.45, 7) is 0.761. The summed E-state index contributed by atoms with van der Waals surface area (Å²) in [6.07, 6.45) is 6.23. The van der Waals surface area contributed by atoms with Gasteiger partial charge in [0.05, 0.1) is 24.5 Å². The van der Waals surface area contributed by atoms with E-state index < -0.39 is 0 Å². The predicted molar refractivity (Wildman–Crippen MR) is 101 cm³/mol. The van der Waals surface area contributed by atoms with Crippen molar-refractivity contribution < 1.29 is 5.11 Å². The Morgan fingerprint density at radius 2 is 2.19 bits per heavy atom. The van der Waals surface area contributed by atoms with Crippen molar-refractivity contribution in [3.8, 4) is 0 Å². The Balaban J connectivity index is 1.81. The van der Waals surface area contributed by atoms with Crippen molar-refractivity contribution in [2.75, 3.05) is 18.5 Å². The molecule has 0 unspecified atom stereocenters. The molecule has 3 heterocycles. The topological polar surface area (TPSA) is 147 Å². The van der Waals surface area contributed by atoms with Crippen LogP contribution in [0.2, 0.25) is 0 Å². The molecule has 27 heavy (non-hydrogen) atoms. The average Bonchev–Trinajstić information content (AvgIpc) is 3.17. The average molecular weight is 365 g/mol. The van der Waals surface area contributed by atoms with E-state index in [0.717, 1.165) is 11.3 Å². The molecular formula is C17H19N9O. The highest BCUT2D eigenvalue weighted by Crippen LogP contribution is 2.25. The van der Waals surface area contributed by atoms with Crippen LogP contribution in [0, 0.1) is 10.9 Å². The van der Waals surface area contributed by atoms with E-state index in [2.05, 4.69) is 30.8 Å². The van der Waals surface area contributed by atoms with Crippen LogP contribution < -0.4 is 10.6 Å². The van der Waals surface area contributed by atoms with Gasteiger partial charge in [-0.3, -0.25) is 0 Å². The van der Waals surface area contributed by atoms with E-state index in [-0.39, 0.29) is 6.61 Å². The van der Waals surface area contributed by atoms with Gasteiger partial charge in [0.25, 0.3) is 0 Å². The van der Waals surface area contributed by atoms with Crippen molar-refractivity contribution in [1.29, 1.82) is 10.9 Å². The second-order valence-corrected chi connectivity index (χ2v) is 5.51. The van der Waals surface area contributed by atoms with Crippen LogP contribution in [0.25, 0.3) is 11.2 Å². The molecule has 0 aliphatic heterocycles. The molecule has 3 aromatic heterocycles. The van der Waals surface area contributed by atoms with Crippen molar-refractivity contribution in [1.82, 2.24) is 24.9 Å². The molecule has 3 aromatic rings. The molecule has 0 aliphatic carbocycles. The zero-order valence-corrected chi connectivity index (χ0v) is 14.4. The van der Waals surface area contributed by atoms with Crippen LogP contribution in [0.3, 0.4) is 0 Å². The minimum Gasteiger partial charge on any atom is -0.395 e. The van der Waals surface area contributed by atoms with Gasteiger partial charge in [-0.25, -0.2) is 20.0 Å². The number of rotatable bonds is 9. The lowest BCUT2D eigenvalue weighted by Crippen LogP contribution is -2.12. The number of hydrogen-bond acceptors (Lipinski definition) is 9. The highest BCUT2D eigenvalue weighted by atomic mass is 16.3. The Labute approximate surface area is 155 Å². The van der Waals surface area contributed by atoms with Crippen molar-refractivity contribution in [2.24, 2.45) is 5.11 Å². The molecular weight excluding hydrogens is 346 g/mol. The van der Waals surface area contributed by atoms with Gasteiger partial charge in [0.2, 0.25) is 0 Å². The fourth-order valence-corrected chi connectivity index (χ4v) is 2.39. The van der Waals surface area contributed by atoms with Crippen molar-refractivity contribution >= 4 is 28.9 Å². The highest BCUT2D eigenvalue weighted by Gasteiger charge is 2.09. The normalized spacial score (nSPS) is 11.4. The molecule has 138 valence electrons. The first kappa shape index (κ1) is 18.1. The quantitative estimate of drug-likeness (QED) is 0.222.